The first kappa shape index (κ1) is 22.6. The van der Waals surface area contributed by atoms with Gasteiger partial charge in [0.2, 0.25) is 0 Å². The maximum atomic E-state index is 13.2. The summed E-state index contributed by atoms with van der Waals surface area (Å²) in [6.07, 6.45) is 1.90. The Morgan fingerprint density at radius 2 is 1.84 bits per heavy atom. The molecule has 32 heavy (non-hydrogen) atoms. The predicted molar refractivity (Wildman–Crippen MR) is 131 cm³/mol. The van der Waals surface area contributed by atoms with Gasteiger partial charge in [0.05, 0.1) is 18.3 Å². The number of hydrogen-bond donors (Lipinski definition) is 0. The summed E-state index contributed by atoms with van der Waals surface area (Å²) >= 11 is 7.36. The average molecular weight is 490 g/mol. The van der Waals surface area contributed by atoms with Gasteiger partial charge >= 0.3 is 0 Å². The molecule has 0 aliphatic carbocycles. The monoisotopic (exact) mass is 489 g/mol. The molecule has 6 nitrogen and oxygen atoms in total. The molecule has 0 atom stereocenters. The van der Waals surface area contributed by atoms with Crippen molar-refractivity contribution in [2.45, 2.75) is 6.10 Å². The van der Waals surface area contributed by atoms with Crippen molar-refractivity contribution >= 4 is 45.6 Å². The van der Waals surface area contributed by atoms with Gasteiger partial charge in [0.1, 0.15) is 15.8 Å². The predicted octanol–water partition coefficient (Wildman–Crippen LogP) is 4.89. The van der Waals surface area contributed by atoms with Crippen LogP contribution in [0.15, 0.2) is 59.5 Å². The number of ether oxygens (including phenoxy) is 2. The van der Waals surface area contributed by atoms with E-state index in [1.54, 1.807) is 17.9 Å². The van der Waals surface area contributed by atoms with Gasteiger partial charge in [-0.3, -0.25) is 14.3 Å². The number of rotatable bonds is 5. The molecule has 0 radical (unpaired) electrons. The van der Waals surface area contributed by atoms with E-state index < -0.39 is 0 Å². The summed E-state index contributed by atoms with van der Waals surface area (Å²) in [5.74, 6) is 1.28. The van der Waals surface area contributed by atoms with Crippen LogP contribution in [0.2, 0.25) is 5.02 Å². The standard InChI is InChI=1S/C23H20ClN3O3S.ClH/c1-26-12-17(13-26)30-19-8-7-16(11-20(19)29-2)27-10-9-18-21(23(27)28)31-22(25-18)14-3-5-15(24)6-4-14;/h3-11,17H,12-13H2,1-2H3;1H. The highest BCUT2D eigenvalue weighted by Gasteiger charge is 2.26. The summed E-state index contributed by atoms with van der Waals surface area (Å²) in [5.41, 5.74) is 2.20. The van der Waals surface area contributed by atoms with Crippen LogP contribution in [0.25, 0.3) is 26.5 Å². The van der Waals surface area contributed by atoms with Crippen molar-refractivity contribution in [2.24, 2.45) is 0 Å². The van der Waals surface area contributed by atoms with Gasteiger partial charge in [-0.15, -0.1) is 23.7 Å². The Hall–Kier alpha value is -2.58. The summed E-state index contributed by atoms with van der Waals surface area (Å²) in [6, 6.07) is 14.9. The molecule has 0 spiro atoms. The molecule has 0 saturated carbocycles. The Kier molecular flexibility index (Phi) is 6.44. The van der Waals surface area contributed by atoms with Gasteiger partial charge in [-0.1, -0.05) is 23.7 Å². The number of pyridine rings is 1. The van der Waals surface area contributed by atoms with E-state index in [1.807, 2.05) is 48.5 Å². The van der Waals surface area contributed by atoms with E-state index in [-0.39, 0.29) is 24.1 Å². The number of likely N-dealkylation sites (tertiary alicyclic amines) is 1. The molecule has 1 saturated heterocycles. The van der Waals surface area contributed by atoms with Crippen LogP contribution in [-0.2, 0) is 0 Å². The topological polar surface area (TPSA) is 56.6 Å². The zero-order valence-corrected chi connectivity index (χ0v) is 19.8. The molecule has 1 fully saturated rings. The minimum Gasteiger partial charge on any atom is -0.493 e. The Morgan fingerprint density at radius 1 is 1.09 bits per heavy atom. The van der Waals surface area contributed by atoms with Crippen LogP contribution in [0.1, 0.15) is 0 Å². The Morgan fingerprint density at radius 3 is 2.53 bits per heavy atom. The SMILES string of the molecule is COc1cc(-n2ccc3nc(-c4ccc(Cl)cc4)sc3c2=O)ccc1OC1CN(C)C1.Cl. The minimum absolute atomic E-state index is 0. The third-order valence-corrected chi connectivity index (χ3v) is 6.65. The molecular weight excluding hydrogens is 469 g/mol. The summed E-state index contributed by atoms with van der Waals surface area (Å²) in [4.78, 5) is 20.0. The summed E-state index contributed by atoms with van der Waals surface area (Å²) < 4.78 is 13.8. The van der Waals surface area contributed by atoms with Gasteiger partial charge in [-0.05, 0) is 37.4 Å². The van der Waals surface area contributed by atoms with Crippen LogP contribution in [-0.4, -0.2) is 47.8 Å². The minimum atomic E-state index is -0.119. The van der Waals surface area contributed by atoms with E-state index in [0.717, 1.165) is 23.7 Å². The van der Waals surface area contributed by atoms with Crippen LogP contribution in [0, 0.1) is 0 Å². The van der Waals surface area contributed by atoms with Gasteiger partial charge in [0.25, 0.3) is 5.56 Å². The van der Waals surface area contributed by atoms with Crippen molar-refractivity contribution in [2.75, 3.05) is 27.2 Å². The van der Waals surface area contributed by atoms with Gasteiger partial charge < -0.3 is 9.47 Å². The molecule has 1 aliphatic rings. The molecule has 0 bridgehead atoms. The zero-order valence-electron chi connectivity index (χ0n) is 17.4. The maximum Gasteiger partial charge on any atom is 0.274 e. The lowest BCUT2D eigenvalue weighted by Crippen LogP contribution is -2.51. The quantitative estimate of drug-likeness (QED) is 0.399. The molecule has 0 unspecified atom stereocenters. The zero-order chi connectivity index (χ0) is 21.5. The summed E-state index contributed by atoms with van der Waals surface area (Å²) in [6.45, 7) is 1.78. The third kappa shape index (κ3) is 4.21. The highest BCUT2D eigenvalue weighted by atomic mass is 35.5. The van der Waals surface area contributed by atoms with Crippen molar-refractivity contribution in [1.82, 2.24) is 14.5 Å². The molecule has 2 aromatic heterocycles. The van der Waals surface area contributed by atoms with Crippen molar-refractivity contribution in [3.63, 3.8) is 0 Å². The molecule has 0 N–H and O–H groups in total. The van der Waals surface area contributed by atoms with Crippen molar-refractivity contribution in [3.05, 3.63) is 70.1 Å². The number of aromatic nitrogens is 2. The Bertz CT molecular complexity index is 1310. The van der Waals surface area contributed by atoms with E-state index in [1.165, 1.54) is 11.3 Å². The van der Waals surface area contributed by atoms with E-state index in [4.69, 9.17) is 21.1 Å². The van der Waals surface area contributed by atoms with Crippen molar-refractivity contribution < 1.29 is 9.47 Å². The number of likely N-dealkylation sites (N-methyl/N-ethyl adjacent to an activating group) is 1. The summed E-state index contributed by atoms with van der Waals surface area (Å²) in [7, 11) is 3.66. The molecule has 5 rings (SSSR count). The first-order valence-corrected chi connectivity index (χ1v) is 11.0. The third-order valence-electron chi connectivity index (χ3n) is 5.29. The number of nitrogens with zero attached hydrogens (tertiary/aromatic N) is 3. The van der Waals surface area contributed by atoms with Gasteiger partial charge in [0.15, 0.2) is 11.5 Å². The smallest absolute Gasteiger partial charge is 0.274 e. The highest BCUT2D eigenvalue weighted by Crippen LogP contribution is 2.32. The second kappa shape index (κ2) is 9.11. The van der Waals surface area contributed by atoms with Crippen molar-refractivity contribution in [3.8, 4) is 27.8 Å². The second-order valence-corrected chi connectivity index (χ2v) is 8.96. The van der Waals surface area contributed by atoms with Gasteiger partial charge in [-0.25, -0.2) is 4.98 Å². The number of hydrogen-bond acceptors (Lipinski definition) is 6. The molecule has 4 aromatic rings. The molecule has 3 heterocycles. The van der Waals surface area contributed by atoms with E-state index in [2.05, 4.69) is 16.9 Å². The number of benzene rings is 2. The normalized spacial score (nSPS) is 14.1. The van der Waals surface area contributed by atoms with Crippen LogP contribution >= 0.6 is 35.3 Å². The molecule has 2 aromatic carbocycles. The van der Waals surface area contributed by atoms with Crippen LogP contribution < -0.4 is 15.0 Å². The van der Waals surface area contributed by atoms with Gasteiger partial charge in [-0.2, -0.15) is 0 Å². The fourth-order valence-electron chi connectivity index (χ4n) is 3.64. The highest BCUT2D eigenvalue weighted by molar-refractivity contribution is 7.21. The number of methoxy groups -OCH3 is 1. The van der Waals surface area contributed by atoms with Crippen LogP contribution in [0.5, 0.6) is 11.5 Å². The lowest BCUT2D eigenvalue weighted by Gasteiger charge is -2.36. The molecule has 9 heteroatoms. The second-order valence-electron chi connectivity index (χ2n) is 7.53. The lowest BCUT2D eigenvalue weighted by molar-refractivity contribution is 0.0370. The first-order valence-electron chi connectivity index (χ1n) is 9.83. The van der Waals surface area contributed by atoms with E-state index in [0.29, 0.717) is 32.4 Å². The lowest BCUT2D eigenvalue weighted by atomic mass is 10.2. The van der Waals surface area contributed by atoms with Crippen LogP contribution in [0.3, 0.4) is 0 Å². The Balaban J connectivity index is 0.00000245. The Labute approximate surface area is 200 Å². The van der Waals surface area contributed by atoms with Crippen molar-refractivity contribution in [1.29, 1.82) is 0 Å². The first-order chi connectivity index (χ1) is 15.0. The maximum absolute atomic E-state index is 13.2. The number of fused-ring (bicyclic) bond motifs is 1. The number of halogens is 2. The largest absolute Gasteiger partial charge is 0.493 e. The van der Waals surface area contributed by atoms with Gasteiger partial charge in [0, 0.05) is 35.9 Å². The van der Waals surface area contributed by atoms with E-state index >= 15 is 0 Å². The molecular formula is C23H21Cl2N3O3S. The fourth-order valence-corrected chi connectivity index (χ4v) is 4.76. The molecule has 1 aliphatic heterocycles. The average Bonchev–Trinajstić information content (AvgIpc) is 3.19. The van der Waals surface area contributed by atoms with E-state index in [9.17, 15) is 4.79 Å². The fraction of sp³-hybridized carbons (Fsp3) is 0.217. The number of thiazole rings is 1. The van der Waals surface area contributed by atoms with Crippen LogP contribution in [0.4, 0.5) is 0 Å². The molecule has 166 valence electrons. The summed E-state index contributed by atoms with van der Waals surface area (Å²) in [5, 5.41) is 1.45. The molecule has 0 amide bonds.